The molecule has 28 nitrogen and oxygen atoms in total. The predicted octanol–water partition coefficient (Wildman–Crippen LogP) is 23.4. The first-order valence-electron chi connectivity index (χ1n) is 58.0. The quantitative estimate of drug-likeness (QED) is 0.0163. The van der Waals surface area contributed by atoms with E-state index in [-0.39, 0.29) is 177 Å². The summed E-state index contributed by atoms with van der Waals surface area (Å²) in [7, 11) is 0. The van der Waals surface area contributed by atoms with Gasteiger partial charge in [0.25, 0.3) is 0 Å². The molecule has 0 rings (SSSR count). The molecule has 0 heterocycles. The van der Waals surface area contributed by atoms with Gasteiger partial charge in [-0.25, -0.2) is 0 Å². The summed E-state index contributed by atoms with van der Waals surface area (Å²) < 4.78 is 50.9. The Morgan fingerprint density at radius 2 is 0.510 bits per heavy atom. The van der Waals surface area contributed by atoms with E-state index in [1.165, 1.54) is 101 Å². The molecular weight excluding hydrogens is 1860 g/mol. The molecule has 844 valence electrons. The van der Waals surface area contributed by atoms with Crippen molar-refractivity contribution in [2.24, 2.45) is 5.92 Å². The lowest BCUT2D eigenvalue weighted by Gasteiger charge is -2.23. The Morgan fingerprint density at radius 1 is 0.245 bits per heavy atom. The first kappa shape index (κ1) is 139. The average Bonchev–Trinajstić information content (AvgIpc) is 0.908. The number of nitrogens with one attached hydrogen (secondary N) is 5. The smallest absolute Gasteiger partial charge is 0.305 e. The minimum absolute atomic E-state index is 0.0423. The molecule has 0 saturated carbocycles. The van der Waals surface area contributed by atoms with Crippen LogP contribution in [0.4, 0.5) is 0 Å². The fourth-order valence-electron chi connectivity index (χ4n) is 16.0. The maximum Gasteiger partial charge on any atom is 0.305 e. The van der Waals surface area contributed by atoms with Crippen LogP contribution in [0.5, 0.6) is 0 Å². The first-order valence-corrected chi connectivity index (χ1v) is 58.0. The Kier molecular flexibility index (Phi) is 104. The largest absolute Gasteiger partial charge is 0.464 e. The van der Waals surface area contributed by atoms with E-state index in [4.69, 9.17) is 42.6 Å². The van der Waals surface area contributed by atoms with Crippen molar-refractivity contribution in [2.45, 2.75) is 439 Å². The predicted molar refractivity (Wildman–Crippen MR) is 592 cm³/mol. The summed E-state index contributed by atoms with van der Waals surface area (Å²) in [4.78, 5) is 160. The third kappa shape index (κ3) is 102. The fraction of sp³-hybridized carbons (Fsp3) is 0.765. The summed E-state index contributed by atoms with van der Waals surface area (Å²) >= 11 is 0. The highest BCUT2D eigenvalue weighted by Gasteiger charge is 2.26. The van der Waals surface area contributed by atoms with Gasteiger partial charge < -0.3 is 79.0 Å². The lowest BCUT2D eigenvalue weighted by Crippen LogP contribution is -2.47. The van der Waals surface area contributed by atoms with E-state index in [2.05, 4.69) is 151 Å². The minimum Gasteiger partial charge on any atom is -0.464 e. The van der Waals surface area contributed by atoms with Gasteiger partial charge in [-0.2, -0.15) is 0 Å². The zero-order valence-corrected chi connectivity index (χ0v) is 93.0. The number of hydrogen-bond acceptors (Lipinski definition) is 21. The number of rotatable bonds is 109. The van der Waals surface area contributed by atoms with E-state index in [0.717, 1.165) is 180 Å². The molecule has 0 aliphatic rings. The van der Waals surface area contributed by atoms with Gasteiger partial charge in [0, 0.05) is 117 Å². The van der Waals surface area contributed by atoms with E-state index in [0.29, 0.717) is 156 Å². The van der Waals surface area contributed by atoms with Crippen LogP contribution in [-0.4, -0.2) is 232 Å². The number of ketones is 1. The summed E-state index contributed by atoms with van der Waals surface area (Å²) in [6.07, 6.45) is 87.3. The third-order valence-corrected chi connectivity index (χ3v) is 24.9. The van der Waals surface area contributed by atoms with E-state index in [1.807, 2.05) is 0 Å². The summed E-state index contributed by atoms with van der Waals surface area (Å²) in [5.74, 6) is -4.54. The molecule has 0 unspecified atom stereocenters. The lowest BCUT2D eigenvalue weighted by atomic mass is 9.93. The highest BCUT2D eigenvalue weighted by atomic mass is 16.6. The number of unbranched alkanes of at least 4 members (excludes halogenated alkanes) is 34. The highest BCUT2D eigenvalue weighted by molar-refractivity contribution is 5.90. The Morgan fingerprint density at radius 3 is 0.816 bits per heavy atom. The van der Waals surface area contributed by atoms with Crippen LogP contribution in [0.3, 0.4) is 0 Å². The summed E-state index contributed by atoms with van der Waals surface area (Å²) in [5.41, 5.74) is 0. The molecule has 0 spiro atoms. The number of carbonyl (C=O) groups excluding carboxylic acids is 12. The second-order valence-electron chi connectivity index (χ2n) is 38.4. The molecule has 0 bridgehead atoms. The standard InChI is InChI=1S/C119H207N7O21/c1-7-11-15-19-23-27-31-35-39-43-47-51-55-59-63-75-114(133)144-93-87-125(88-94-145-115(134)76-64-60-56-52-48-44-40-36-32-28-24-20-16-12-8-2)112(131)81-79-109(129)105-108(73-67-69-83-120-106(5)127)118(137)122-85-71-91-139-97-99-141-101-103-143-104-102-142-100-98-140-92-72-86-123-119(138)110(74-68-70-84-121-107(6)128)124-111(130)80-82-113(132)126(89-95-146-116(135)77-65-61-57-53-49-45-41-37-33-29-25-21-17-13-9-3)90-96-147-117(136)78-66-62-58-54-50-46-42-38-34-30-26-22-18-14-10-4/h23-30,35-42,108,110H,7-22,31-34,43-105H2,1-6H3,(H,120,127)(H,121,128)(H,122,137)(H,123,138)(H,124,130)/b27-23-,28-24-,29-25-,30-26-,39-35-,40-36-,41-37-,42-38-/t108-,110+/m1/s1. The molecule has 0 aromatic rings. The molecule has 5 N–H and O–H groups in total. The molecule has 0 radical (unpaired) electrons. The molecule has 2 atom stereocenters. The van der Waals surface area contributed by atoms with Crippen molar-refractivity contribution in [3.8, 4) is 0 Å². The molecule has 0 saturated heterocycles. The number of allylic oxidation sites excluding steroid dienone is 16. The van der Waals surface area contributed by atoms with Crippen molar-refractivity contribution in [2.75, 3.05) is 145 Å². The molecule has 0 fully saturated rings. The summed E-state index contributed by atoms with van der Waals surface area (Å²) in [6, 6.07) is -0.909. The summed E-state index contributed by atoms with van der Waals surface area (Å²) in [6.45, 7) is 16.5. The van der Waals surface area contributed by atoms with Gasteiger partial charge in [0.2, 0.25) is 41.4 Å². The van der Waals surface area contributed by atoms with Crippen molar-refractivity contribution >= 4 is 71.0 Å². The van der Waals surface area contributed by atoms with Crippen LogP contribution in [0.15, 0.2) is 97.2 Å². The summed E-state index contributed by atoms with van der Waals surface area (Å²) in [5, 5.41) is 14.2. The van der Waals surface area contributed by atoms with Gasteiger partial charge in [0.05, 0.1) is 79.0 Å². The van der Waals surface area contributed by atoms with Crippen LogP contribution in [0, 0.1) is 5.92 Å². The molecule has 0 aliphatic heterocycles. The topological polar surface area (TPSA) is 355 Å². The lowest BCUT2D eigenvalue weighted by molar-refractivity contribution is -0.148. The van der Waals surface area contributed by atoms with E-state index >= 15 is 0 Å². The molecule has 0 aliphatic carbocycles. The Balaban J connectivity index is 5.20. The zero-order chi connectivity index (χ0) is 107. The Bertz CT molecular complexity index is 3140. The fourth-order valence-corrected chi connectivity index (χ4v) is 16.0. The number of carbonyl (C=O) groups is 12. The van der Waals surface area contributed by atoms with Crippen molar-refractivity contribution in [1.29, 1.82) is 0 Å². The van der Waals surface area contributed by atoms with Gasteiger partial charge in [-0.05, 0) is 199 Å². The maximum atomic E-state index is 13.9. The number of esters is 4. The highest BCUT2D eigenvalue weighted by Crippen LogP contribution is 2.20. The van der Waals surface area contributed by atoms with Gasteiger partial charge in [-0.1, -0.05) is 260 Å². The van der Waals surface area contributed by atoms with Crippen LogP contribution >= 0.6 is 0 Å². The van der Waals surface area contributed by atoms with Crippen molar-refractivity contribution in [3.05, 3.63) is 97.2 Å². The second kappa shape index (κ2) is 110. The number of amides is 7. The molecular formula is C119H207N7O21. The SMILES string of the molecule is CCCCC/C=C\C/C=C\CCCCCCCC(=O)OCCN(CCOC(=O)CCCCCCC/C=C\C/C=C\CCCCC)C(=O)CCC(=O)C[C@@H](CCCCNC(C)=O)C(=O)NCCCOCCOCCOCCOCCOCCCNC(=O)[C@H](CCCCNC(C)=O)NC(=O)CCC(=O)N(CCOC(=O)CCCCCCC/C=C\C/C=C\CCCCC)CCOC(=O)CCCCCCC/C=C\C/C=C\CCCCC. The van der Waals surface area contributed by atoms with Crippen molar-refractivity contribution < 1.29 is 100 Å². The van der Waals surface area contributed by atoms with Crippen molar-refractivity contribution in [3.63, 3.8) is 0 Å². The van der Waals surface area contributed by atoms with Gasteiger partial charge in [-0.3, -0.25) is 57.5 Å². The number of nitrogens with zero attached hydrogens (tertiary/aromatic N) is 2. The molecule has 147 heavy (non-hydrogen) atoms. The number of Topliss-reactive ketones (excluding diaryl/α,β-unsaturated/α-hetero) is 1. The molecule has 0 aromatic heterocycles. The normalized spacial score (nSPS) is 12.1. The van der Waals surface area contributed by atoms with Gasteiger partial charge >= 0.3 is 23.9 Å². The van der Waals surface area contributed by atoms with E-state index in [9.17, 15) is 57.5 Å². The van der Waals surface area contributed by atoms with Crippen LogP contribution in [-0.2, 0) is 100 Å². The van der Waals surface area contributed by atoms with Crippen LogP contribution < -0.4 is 26.6 Å². The van der Waals surface area contributed by atoms with E-state index < -0.39 is 29.7 Å². The first-order chi connectivity index (χ1) is 71.9. The monoisotopic (exact) mass is 2070 g/mol. The average molecular weight is 2070 g/mol. The second-order valence-corrected chi connectivity index (χ2v) is 38.4. The maximum absolute atomic E-state index is 13.9. The van der Waals surface area contributed by atoms with Gasteiger partial charge in [0.1, 0.15) is 38.3 Å². The van der Waals surface area contributed by atoms with Gasteiger partial charge in [-0.15, -0.1) is 0 Å². The van der Waals surface area contributed by atoms with Crippen LogP contribution in [0.1, 0.15) is 433 Å². The zero-order valence-electron chi connectivity index (χ0n) is 93.0. The van der Waals surface area contributed by atoms with E-state index in [1.54, 1.807) is 0 Å². The van der Waals surface area contributed by atoms with Crippen LogP contribution in [0.2, 0.25) is 0 Å². The molecule has 0 aromatic carbocycles. The Hall–Kier alpha value is -8.44. The minimum atomic E-state index is -0.909. The number of ether oxygens (including phenoxy) is 9. The van der Waals surface area contributed by atoms with Gasteiger partial charge in [0.15, 0.2) is 0 Å². The molecule has 28 heteroatoms. The Labute approximate surface area is 890 Å². The number of hydrogen-bond donors (Lipinski definition) is 5. The third-order valence-electron chi connectivity index (χ3n) is 24.9. The van der Waals surface area contributed by atoms with Crippen molar-refractivity contribution in [1.82, 2.24) is 36.4 Å². The van der Waals surface area contributed by atoms with Crippen LogP contribution in [0.25, 0.3) is 0 Å². The molecule has 7 amide bonds.